The van der Waals surface area contributed by atoms with Gasteiger partial charge in [-0.25, -0.2) is 0 Å². The van der Waals surface area contributed by atoms with Gasteiger partial charge in [0.15, 0.2) is 5.43 Å². The molecule has 0 saturated heterocycles. The second-order valence-electron chi connectivity index (χ2n) is 4.93. The summed E-state index contributed by atoms with van der Waals surface area (Å²) in [4.78, 5) is 15.8. The fraction of sp³-hybridized carbons (Fsp3) is 0.188. The van der Waals surface area contributed by atoms with E-state index >= 15 is 0 Å². The second-order valence-corrected chi connectivity index (χ2v) is 4.93. The molecule has 1 aromatic heterocycles. The van der Waals surface area contributed by atoms with Crippen LogP contribution in [-0.4, -0.2) is 4.98 Å². The molecule has 0 saturated carbocycles. The average Bonchev–Trinajstić information content (AvgIpc) is 2.34. The number of pyridine rings is 1. The monoisotopic (exact) mass is 237 g/mol. The molecule has 0 amide bonds. The lowest BCUT2D eigenvalue weighted by atomic mass is 10.0. The smallest absolute Gasteiger partial charge is 0.197 e. The molecule has 1 heterocycles. The highest BCUT2D eigenvalue weighted by Crippen LogP contribution is 2.20. The van der Waals surface area contributed by atoms with Crippen LogP contribution in [0.4, 0.5) is 0 Å². The minimum Gasteiger partial charge on any atom is -0.354 e. The Labute approximate surface area is 105 Å². The van der Waals surface area contributed by atoms with Gasteiger partial charge in [0.25, 0.3) is 0 Å². The molecular formula is C16H15NO. The van der Waals surface area contributed by atoms with Gasteiger partial charge in [0.1, 0.15) is 0 Å². The van der Waals surface area contributed by atoms with E-state index in [9.17, 15) is 4.79 Å². The summed E-state index contributed by atoms with van der Waals surface area (Å²) >= 11 is 0. The number of aromatic nitrogens is 1. The third-order valence-corrected chi connectivity index (χ3v) is 3.66. The molecule has 0 aliphatic heterocycles. The number of nitrogens with one attached hydrogen (secondary N) is 1. The minimum absolute atomic E-state index is 0.113. The molecule has 0 radical (unpaired) electrons. The molecule has 0 bridgehead atoms. The van der Waals surface area contributed by atoms with Crippen molar-refractivity contribution in [3.8, 4) is 0 Å². The van der Waals surface area contributed by atoms with Crippen LogP contribution >= 0.6 is 0 Å². The fourth-order valence-electron chi connectivity index (χ4n) is 2.41. The van der Waals surface area contributed by atoms with Crippen molar-refractivity contribution >= 4 is 21.8 Å². The summed E-state index contributed by atoms with van der Waals surface area (Å²) in [6.45, 7) is 6.15. The van der Waals surface area contributed by atoms with Crippen molar-refractivity contribution in [2.45, 2.75) is 20.8 Å². The zero-order valence-electron chi connectivity index (χ0n) is 10.8. The van der Waals surface area contributed by atoms with E-state index in [-0.39, 0.29) is 5.43 Å². The Hall–Kier alpha value is -2.09. The number of rotatable bonds is 0. The number of H-pyrrole nitrogens is 1. The van der Waals surface area contributed by atoms with E-state index in [4.69, 9.17) is 0 Å². The number of fused-ring (bicyclic) bond motifs is 2. The van der Waals surface area contributed by atoms with E-state index in [2.05, 4.69) is 18.8 Å². The van der Waals surface area contributed by atoms with Crippen LogP contribution in [0.3, 0.4) is 0 Å². The van der Waals surface area contributed by atoms with Crippen molar-refractivity contribution in [2.24, 2.45) is 0 Å². The molecule has 2 nitrogen and oxygen atoms in total. The van der Waals surface area contributed by atoms with Crippen LogP contribution in [0.15, 0.2) is 35.1 Å². The van der Waals surface area contributed by atoms with E-state index in [1.54, 1.807) is 0 Å². The maximum absolute atomic E-state index is 12.4. The van der Waals surface area contributed by atoms with Gasteiger partial charge >= 0.3 is 0 Å². The standard InChI is InChI=1S/C16H15NO/c1-9-4-6-12-14(8-9)17-15-11(3)10(2)5-7-13(15)16(12)18/h4-8H,1-3H3,(H,17,18). The van der Waals surface area contributed by atoms with Crippen LogP contribution in [0, 0.1) is 20.8 Å². The van der Waals surface area contributed by atoms with Crippen molar-refractivity contribution in [2.75, 3.05) is 0 Å². The van der Waals surface area contributed by atoms with E-state index in [1.807, 2.05) is 37.3 Å². The average molecular weight is 237 g/mol. The Morgan fingerprint density at radius 2 is 1.67 bits per heavy atom. The number of aromatic amines is 1. The molecule has 3 rings (SSSR count). The van der Waals surface area contributed by atoms with Crippen molar-refractivity contribution in [3.63, 3.8) is 0 Å². The van der Waals surface area contributed by atoms with Crippen LogP contribution in [0.25, 0.3) is 21.8 Å². The molecule has 2 aromatic carbocycles. The molecular weight excluding hydrogens is 222 g/mol. The molecule has 0 spiro atoms. The molecule has 3 aromatic rings. The summed E-state index contributed by atoms with van der Waals surface area (Å²) in [7, 11) is 0. The summed E-state index contributed by atoms with van der Waals surface area (Å²) in [6.07, 6.45) is 0. The SMILES string of the molecule is Cc1ccc2c(=O)c3ccc(C)c(C)c3[nH]c2c1. The highest BCUT2D eigenvalue weighted by molar-refractivity contribution is 5.94. The maximum Gasteiger partial charge on any atom is 0.197 e. The number of benzene rings is 2. The molecule has 0 aliphatic carbocycles. The van der Waals surface area contributed by atoms with Gasteiger partial charge in [-0.1, -0.05) is 12.1 Å². The third kappa shape index (κ3) is 1.46. The summed E-state index contributed by atoms with van der Waals surface area (Å²) in [5.41, 5.74) is 5.49. The molecule has 0 unspecified atom stereocenters. The van der Waals surface area contributed by atoms with E-state index in [1.165, 1.54) is 5.56 Å². The molecule has 2 heteroatoms. The second kappa shape index (κ2) is 3.70. The summed E-state index contributed by atoms with van der Waals surface area (Å²) in [5, 5.41) is 1.53. The Morgan fingerprint density at radius 3 is 2.44 bits per heavy atom. The van der Waals surface area contributed by atoms with Crippen molar-refractivity contribution in [1.29, 1.82) is 0 Å². The van der Waals surface area contributed by atoms with Gasteiger partial charge in [-0.05, 0) is 55.7 Å². The zero-order chi connectivity index (χ0) is 12.9. The first-order valence-electron chi connectivity index (χ1n) is 6.10. The largest absolute Gasteiger partial charge is 0.354 e. The van der Waals surface area contributed by atoms with E-state index in [0.717, 1.165) is 32.9 Å². The maximum atomic E-state index is 12.4. The van der Waals surface area contributed by atoms with E-state index in [0.29, 0.717) is 0 Å². The van der Waals surface area contributed by atoms with Crippen LogP contribution in [0.1, 0.15) is 16.7 Å². The highest BCUT2D eigenvalue weighted by Gasteiger charge is 2.08. The van der Waals surface area contributed by atoms with Gasteiger partial charge in [-0.3, -0.25) is 4.79 Å². The normalized spacial score (nSPS) is 11.3. The summed E-state index contributed by atoms with van der Waals surface area (Å²) in [6, 6.07) is 9.82. The third-order valence-electron chi connectivity index (χ3n) is 3.66. The van der Waals surface area contributed by atoms with Crippen molar-refractivity contribution < 1.29 is 0 Å². The number of hydrogen-bond donors (Lipinski definition) is 1. The van der Waals surface area contributed by atoms with Gasteiger partial charge in [0.05, 0.1) is 11.0 Å². The van der Waals surface area contributed by atoms with Crippen LogP contribution in [0.2, 0.25) is 0 Å². The van der Waals surface area contributed by atoms with Crippen molar-refractivity contribution in [3.05, 3.63) is 57.2 Å². The van der Waals surface area contributed by atoms with Crippen LogP contribution in [-0.2, 0) is 0 Å². The van der Waals surface area contributed by atoms with Gasteiger partial charge in [0.2, 0.25) is 0 Å². The molecule has 1 N–H and O–H groups in total. The first-order valence-corrected chi connectivity index (χ1v) is 6.10. The minimum atomic E-state index is 0.113. The summed E-state index contributed by atoms with van der Waals surface area (Å²) in [5.74, 6) is 0. The first-order chi connectivity index (χ1) is 8.58. The van der Waals surface area contributed by atoms with Crippen molar-refractivity contribution in [1.82, 2.24) is 4.98 Å². The van der Waals surface area contributed by atoms with Gasteiger partial charge < -0.3 is 4.98 Å². The van der Waals surface area contributed by atoms with Crippen LogP contribution in [0.5, 0.6) is 0 Å². The molecule has 0 fully saturated rings. The quantitative estimate of drug-likeness (QED) is 0.595. The summed E-state index contributed by atoms with van der Waals surface area (Å²) < 4.78 is 0. The highest BCUT2D eigenvalue weighted by atomic mass is 16.1. The Bertz CT molecular complexity index is 828. The lowest BCUT2D eigenvalue weighted by Gasteiger charge is -2.08. The lowest BCUT2D eigenvalue weighted by Crippen LogP contribution is -2.05. The molecule has 0 aliphatic rings. The predicted molar refractivity (Wildman–Crippen MR) is 76.3 cm³/mol. The zero-order valence-corrected chi connectivity index (χ0v) is 10.8. The van der Waals surface area contributed by atoms with Crippen LogP contribution < -0.4 is 5.43 Å². The van der Waals surface area contributed by atoms with Gasteiger partial charge in [-0.15, -0.1) is 0 Å². The van der Waals surface area contributed by atoms with Gasteiger partial charge in [-0.2, -0.15) is 0 Å². The van der Waals surface area contributed by atoms with E-state index < -0.39 is 0 Å². The topological polar surface area (TPSA) is 32.9 Å². The van der Waals surface area contributed by atoms with Gasteiger partial charge in [0, 0.05) is 10.8 Å². The fourth-order valence-corrected chi connectivity index (χ4v) is 2.41. The molecule has 18 heavy (non-hydrogen) atoms. The predicted octanol–water partition coefficient (Wildman–Crippen LogP) is 3.61. The Morgan fingerprint density at radius 1 is 0.944 bits per heavy atom. The number of hydrogen-bond acceptors (Lipinski definition) is 1. The lowest BCUT2D eigenvalue weighted by molar-refractivity contribution is 1.33. The molecule has 90 valence electrons. The Kier molecular flexibility index (Phi) is 2.27. The Balaban J connectivity index is 2.61. The number of aryl methyl sites for hydroxylation is 3. The molecule has 0 atom stereocenters. The first kappa shape index (κ1) is 11.0.